The summed E-state index contributed by atoms with van der Waals surface area (Å²) in [5, 5.41) is 6.90. The average molecular weight is 718 g/mol. The number of aryl methyl sites for hydroxylation is 1. The molecule has 7 aromatic carbocycles. The van der Waals surface area contributed by atoms with E-state index in [1.165, 1.54) is 27.4 Å². The fourth-order valence-electron chi connectivity index (χ4n) is 8.41. The van der Waals surface area contributed by atoms with Gasteiger partial charge in [0.25, 0.3) is 0 Å². The molecule has 11 rings (SSSR count). The molecule has 5 nitrogen and oxygen atoms in total. The van der Waals surface area contributed by atoms with Crippen LogP contribution in [0.3, 0.4) is 0 Å². The Labute approximate surface area is 323 Å². The van der Waals surface area contributed by atoms with Gasteiger partial charge in [0.05, 0.1) is 38.8 Å². The zero-order chi connectivity index (χ0) is 37.2. The monoisotopic (exact) mass is 717 g/mol. The molecule has 56 heavy (non-hydrogen) atoms. The Balaban J connectivity index is 1.02. The summed E-state index contributed by atoms with van der Waals surface area (Å²) in [5.74, 6) is 0.664. The van der Waals surface area contributed by atoms with Gasteiger partial charge in [-0.05, 0) is 78.2 Å². The quantitative estimate of drug-likeness (QED) is 0.178. The minimum absolute atomic E-state index is 0.664. The second-order valence-corrected chi connectivity index (χ2v) is 14.5. The van der Waals surface area contributed by atoms with Crippen molar-refractivity contribution in [3.63, 3.8) is 0 Å². The molecule has 0 saturated carbocycles. The lowest BCUT2D eigenvalue weighted by molar-refractivity contribution is 0.949. The second kappa shape index (κ2) is 12.9. The normalized spacial score (nSPS) is 13.3. The number of hydrogen-bond acceptors (Lipinski definition) is 3. The zero-order valence-electron chi connectivity index (χ0n) is 30.8. The molecule has 0 N–H and O–H groups in total. The molecule has 0 fully saturated rings. The van der Waals surface area contributed by atoms with Crippen molar-refractivity contribution in [1.29, 1.82) is 0 Å². The van der Waals surface area contributed by atoms with Crippen molar-refractivity contribution in [2.24, 2.45) is 4.99 Å². The van der Waals surface area contributed by atoms with E-state index in [9.17, 15) is 0 Å². The van der Waals surface area contributed by atoms with Crippen LogP contribution in [0.5, 0.6) is 0 Å². The number of nitrogens with zero attached hydrogens (tertiary/aromatic N) is 5. The van der Waals surface area contributed by atoms with Gasteiger partial charge in [-0.2, -0.15) is 0 Å². The van der Waals surface area contributed by atoms with Crippen LogP contribution in [-0.2, 0) is 0 Å². The van der Waals surface area contributed by atoms with E-state index >= 15 is 0 Å². The molecule has 0 bridgehead atoms. The van der Waals surface area contributed by atoms with Crippen molar-refractivity contribution in [3.05, 3.63) is 186 Å². The molecular formula is C51H35N5. The first-order chi connectivity index (χ1) is 27.7. The largest absolute Gasteiger partial charge is 0.309 e. The summed E-state index contributed by atoms with van der Waals surface area (Å²) in [6.07, 6.45) is 5.23. The molecule has 1 aliphatic carbocycles. The van der Waals surface area contributed by atoms with Gasteiger partial charge in [-0.3, -0.25) is 9.56 Å². The van der Waals surface area contributed by atoms with Gasteiger partial charge in [-0.25, -0.2) is 9.97 Å². The second-order valence-electron chi connectivity index (χ2n) is 14.5. The van der Waals surface area contributed by atoms with Crippen LogP contribution in [-0.4, -0.2) is 24.8 Å². The van der Waals surface area contributed by atoms with Gasteiger partial charge in [0, 0.05) is 50.1 Å². The summed E-state index contributed by atoms with van der Waals surface area (Å²) < 4.78 is 4.57. The van der Waals surface area contributed by atoms with Crippen LogP contribution >= 0.6 is 0 Å². The van der Waals surface area contributed by atoms with Crippen LogP contribution in [0.25, 0.3) is 89.8 Å². The number of hydrogen-bond donors (Lipinski definition) is 0. The van der Waals surface area contributed by atoms with E-state index in [2.05, 4.69) is 186 Å². The number of benzene rings is 7. The fourth-order valence-corrected chi connectivity index (χ4v) is 8.41. The summed E-state index contributed by atoms with van der Waals surface area (Å²) in [7, 11) is 0. The Morgan fingerprint density at radius 2 is 1.16 bits per heavy atom. The van der Waals surface area contributed by atoms with E-state index in [0.717, 1.165) is 71.8 Å². The molecule has 5 heteroatoms. The first kappa shape index (κ1) is 32.1. The van der Waals surface area contributed by atoms with Crippen molar-refractivity contribution in [2.45, 2.75) is 13.3 Å². The van der Waals surface area contributed by atoms with Gasteiger partial charge < -0.3 is 4.57 Å². The van der Waals surface area contributed by atoms with Gasteiger partial charge >= 0.3 is 0 Å². The Hall–Kier alpha value is -7.37. The molecule has 3 aromatic heterocycles. The third-order valence-electron chi connectivity index (χ3n) is 11.1. The van der Waals surface area contributed by atoms with Crippen LogP contribution in [0.2, 0.25) is 0 Å². The van der Waals surface area contributed by atoms with Gasteiger partial charge in [-0.15, -0.1) is 0 Å². The average Bonchev–Trinajstić information content (AvgIpc) is 3.77. The van der Waals surface area contributed by atoms with Crippen molar-refractivity contribution in [2.75, 3.05) is 0 Å². The van der Waals surface area contributed by atoms with Crippen molar-refractivity contribution >= 4 is 67.2 Å². The van der Waals surface area contributed by atoms with E-state index in [1.807, 2.05) is 12.1 Å². The Kier molecular flexibility index (Phi) is 7.39. The molecule has 0 spiro atoms. The van der Waals surface area contributed by atoms with Gasteiger partial charge in [0.15, 0.2) is 0 Å². The predicted molar refractivity (Wildman–Crippen MR) is 233 cm³/mol. The van der Waals surface area contributed by atoms with Crippen LogP contribution < -0.4 is 10.6 Å². The van der Waals surface area contributed by atoms with Gasteiger partial charge in [0.2, 0.25) is 5.95 Å². The molecule has 1 aliphatic rings. The number of aliphatic imine (C=N–C) groups is 1. The molecule has 0 unspecified atom stereocenters. The highest BCUT2D eigenvalue weighted by Gasteiger charge is 2.18. The van der Waals surface area contributed by atoms with Crippen molar-refractivity contribution in [1.82, 2.24) is 19.1 Å². The van der Waals surface area contributed by atoms with E-state index in [-0.39, 0.29) is 0 Å². The first-order valence-corrected chi connectivity index (χ1v) is 19.1. The highest BCUT2D eigenvalue weighted by molar-refractivity contribution is 6.16. The van der Waals surface area contributed by atoms with E-state index in [1.54, 1.807) is 0 Å². The lowest BCUT2D eigenvalue weighted by Crippen LogP contribution is -2.33. The number of rotatable bonds is 5. The molecule has 0 radical (unpaired) electrons. The topological polar surface area (TPSA) is 48.0 Å². The predicted octanol–water partition coefficient (Wildman–Crippen LogP) is 11.1. The van der Waals surface area contributed by atoms with Crippen molar-refractivity contribution < 1.29 is 0 Å². The highest BCUT2D eigenvalue weighted by atomic mass is 15.2. The minimum atomic E-state index is 0.664. The first-order valence-electron chi connectivity index (χ1n) is 19.1. The molecular weight excluding hydrogens is 683 g/mol. The highest BCUT2D eigenvalue weighted by Crippen LogP contribution is 2.36. The molecule has 0 aliphatic heterocycles. The van der Waals surface area contributed by atoms with Gasteiger partial charge in [-0.1, -0.05) is 127 Å². The molecule has 0 amide bonds. The van der Waals surface area contributed by atoms with Crippen LogP contribution in [0, 0.1) is 6.92 Å². The third-order valence-corrected chi connectivity index (χ3v) is 11.1. The van der Waals surface area contributed by atoms with Crippen molar-refractivity contribution in [3.8, 4) is 34.0 Å². The van der Waals surface area contributed by atoms with Crippen LogP contribution in [0.4, 0.5) is 5.69 Å². The van der Waals surface area contributed by atoms with E-state index in [4.69, 9.17) is 15.0 Å². The summed E-state index contributed by atoms with van der Waals surface area (Å²) in [6.45, 7) is 2.14. The molecule has 0 saturated heterocycles. The third kappa shape index (κ3) is 5.20. The maximum absolute atomic E-state index is 5.33. The van der Waals surface area contributed by atoms with Crippen LogP contribution in [0.15, 0.2) is 175 Å². The lowest BCUT2D eigenvalue weighted by atomic mass is 10.0. The minimum Gasteiger partial charge on any atom is -0.309 e. The smallest absolute Gasteiger partial charge is 0.235 e. The molecule has 10 aromatic rings. The van der Waals surface area contributed by atoms with E-state index < -0.39 is 0 Å². The standard InChI is InChI=1S/C51H35N5/c1-33-24-25-36(35-26-28-48-42(30-35)39-18-9-12-22-46(39)55(48)38-16-6-3-7-17-38)31-45(33)52-37-27-29-49-43(32-37)40-19-10-13-23-47(40)56(49)51-53-44-21-11-8-20-41(44)50(54-51)34-14-4-2-5-15-34/h2-26,28-32H,27H2,1H3. The maximum Gasteiger partial charge on any atom is 0.235 e. The zero-order valence-corrected chi connectivity index (χ0v) is 30.8. The Bertz CT molecular complexity index is 3330. The summed E-state index contributed by atoms with van der Waals surface area (Å²) in [6, 6.07) is 59.9. The van der Waals surface area contributed by atoms with Crippen LogP contribution in [0.1, 0.15) is 12.0 Å². The number of aromatic nitrogens is 4. The number of para-hydroxylation sites is 4. The summed E-state index contributed by atoms with van der Waals surface area (Å²) in [5.41, 5.74) is 13.0. The lowest BCUT2D eigenvalue weighted by Gasteiger charge is -2.12. The Morgan fingerprint density at radius 3 is 1.98 bits per heavy atom. The fraction of sp³-hybridized carbons (Fsp3) is 0.0392. The SMILES string of the molecule is Cc1ccc(-c2ccc3c(c2)c2ccccc2n3-c2ccccc2)cc1N=C1C=c2c(n(-c3nc(-c4ccccc4)c4ccccc4n3)c3ccccc23)=CC1. The summed E-state index contributed by atoms with van der Waals surface area (Å²) in [4.78, 5) is 15.7. The maximum atomic E-state index is 5.33. The van der Waals surface area contributed by atoms with Gasteiger partial charge in [0.1, 0.15) is 0 Å². The summed E-state index contributed by atoms with van der Waals surface area (Å²) >= 11 is 0. The number of fused-ring (bicyclic) bond motifs is 7. The molecule has 264 valence electrons. The Morgan fingerprint density at radius 1 is 0.518 bits per heavy atom. The molecule has 3 heterocycles. The molecule has 0 atom stereocenters. The van der Waals surface area contributed by atoms with E-state index in [0.29, 0.717) is 12.4 Å².